The second-order valence-electron chi connectivity index (χ2n) is 6.34. The van der Waals surface area contributed by atoms with Crippen molar-refractivity contribution in [3.05, 3.63) is 38.7 Å². The van der Waals surface area contributed by atoms with E-state index in [9.17, 15) is 9.90 Å². The van der Waals surface area contributed by atoms with E-state index < -0.39 is 5.63 Å². The zero-order valence-electron chi connectivity index (χ0n) is 13.5. The van der Waals surface area contributed by atoms with Gasteiger partial charge in [0.2, 0.25) is 0 Å². The van der Waals surface area contributed by atoms with Crippen LogP contribution in [0.15, 0.2) is 21.3 Å². The van der Waals surface area contributed by atoms with Crippen molar-refractivity contribution >= 4 is 22.6 Å². The van der Waals surface area contributed by atoms with Crippen molar-refractivity contribution in [1.29, 1.82) is 0 Å². The summed E-state index contributed by atoms with van der Waals surface area (Å²) in [7, 11) is 0. The maximum atomic E-state index is 11.7. The lowest BCUT2D eigenvalue weighted by Crippen LogP contribution is -3.27. The van der Waals surface area contributed by atoms with Crippen molar-refractivity contribution in [1.82, 2.24) is 0 Å². The molecule has 3 N–H and O–H groups in total. The molecule has 0 radical (unpaired) electrons. The number of aromatic hydroxyl groups is 1. The molecule has 2 heterocycles. The molecule has 0 aliphatic carbocycles. The van der Waals surface area contributed by atoms with E-state index in [-0.39, 0.29) is 5.75 Å². The minimum atomic E-state index is -0.395. The number of nitrogens with one attached hydrogen (secondary N) is 2. The van der Waals surface area contributed by atoms with Gasteiger partial charge in [0.15, 0.2) is 5.58 Å². The first-order chi connectivity index (χ1) is 11.0. The summed E-state index contributed by atoms with van der Waals surface area (Å²) in [5, 5.41) is 11.5. The number of likely N-dealkylation sites (N-methyl/N-ethyl adjacent to an activating group) is 1. The van der Waals surface area contributed by atoms with E-state index in [4.69, 9.17) is 16.0 Å². The monoisotopic (exact) mass is 338 g/mol. The number of phenolic OH excluding ortho intramolecular Hbond substituents is 1. The minimum Gasteiger partial charge on any atom is -0.506 e. The van der Waals surface area contributed by atoms with E-state index in [1.54, 1.807) is 11.0 Å². The van der Waals surface area contributed by atoms with Gasteiger partial charge in [-0.3, -0.25) is 0 Å². The topological polar surface area (TPSA) is 59.3 Å². The molecule has 1 saturated heterocycles. The van der Waals surface area contributed by atoms with Crippen molar-refractivity contribution in [2.75, 3.05) is 32.7 Å². The molecule has 6 heteroatoms. The molecule has 0 amide bonds. The molecule has 5 nitrogen and oxygen atoms in total. The Morgan fingerprint density at radius 3 is 2.52 bits per heavy atom. The summed E-state index contributed by atoms with van der Waals surface area (Å²) in [6.07, 6.45) is 0. The molecule has 2 aromatic rings. The second kappa shape index (κ2) is 6.51. The van der Waals surface area contributed by atoms with Crippen molar-refractivity contribution in [2.45, 2.75) is 20.4 Å². The molecule has 124 valence electrons. The largest absolute Gasteiger partial charge is 0.506 e. The molecular formula is C17H23ClN2O3+2. The van der Waals surface area contributed by atoms with Gasteiger partial charge < -0.3 is 19.3 Å². The van der Waals surface area contributed by atoms with Gasteiger partial charge in [-0.1, -0.05) is 11.6 Å². The highest BCUT2D eigenvalue weighted by atomic mass is 35.5. The number of phenols is 1. The normalized spacial score (nSPS) is 21.7. The lowest BCUT2D eigenvalue weighted by atomic mass is 10.1. The van der Waals surface area contributed by atoms with Crippen LogP contribution in [0, 0.1) is 6.92 Å². The molecule has 1 aromatic heterocycles. The number of hydrogen-bond acceptors (Lipinski definition) is 3. The number of piperazine rings is 1. The fourth-order valence-corrected chi connectivity index (χ4v) is 3.59. The fraction of sp³-hybridized carbons (Fsp3) is 0.471. The van der Waals surface area contributed by atoms with Crippen molar-refractivity contribution in [3.8, 4) is 5.75 Å². The van der Waals surface area contributed by atoms with Gasteiger partial charge in [-0.15, -0.1) is 0 Å². The predicted molar refractivity (Wildman–Crippen MR) is 89.5 cm³/mol. The highest BCUT2D eigenvalue weighted by Gasteiger charge is 2.25. The quantitative estimate of drug-likeness (QED) is 0.677. The van der Waals surface area contributed by atoms with Gasteiger partial charge in [-0.05, 0) is 25.5 Å². The van der Waals surface area contributed by atoms with Gasteiger partial charge >= 0.3 is 5.63 Å². The van der Waals surface area contributed by atoms with E-state index >= 15 is 0 Å². The Bertz CT molecular complexity index is 779. The number of fused-ring (bicyclic) bond motifs is 1. The molecular weight excluding hydrogens is 316 g/mol. The van der Waals surface area contributed by atoms with Gasteiger partial charge in [-0.25, -0.2) is 4.79 Å². The Balaban J connectivity index is 1.99. The molecule has 0 saturated carbocycles. The molecule has 1 aliphatic heterocycles. The Hall–Kier alpha value is -1.56. The second-order valence-corrected chi connectivity index (χ2v) is 6.75. The van der Waals surface area contributed by atoms with Crippen LogP contribution in [0.3, 0.4) is 0 Å². The number of aryl methyl sites for hydroxylation is 1. The van der Waals surface area contributed by atoms with Crippen LogP contribution in [0.2, 0.25) is 5.02 Å². The fourth-order valence-electron chi connectivity index (χ4n) is 3.37. The highest BCUT2D eigenvalue weighted by Crippen LogP contribution is 2.34. The minimum absolute atomic E-state index is 0.0330. The van der Waals surface area contributed by atoms with E-state index in [1.165, 1.54) is 11.0 Å². The predicted octanol–water partition coefficient (Wildman–Crippen LogP) is -0.236. The van der Waals surface area contributed by atoms with Gasteiger partial charge in [0.05, 0.1) is 17.1 Å². The van der Waals surface area contributed by atoms with Crippen LogP contribution in [0.5, 0.6) is 5.75 Å². The lowest BCUT2D eigenvalue weighted by molar-refractivity contribution is -1.02. The number of halogens is 1. The zero-order valence-corrected chi connectivity index (χ0v) is 14.3. The maximum Gasteiger partial charge on any atom is 0.336 e. The molecule has 23 heavy (non-hydrogen) atoms. The third kappa shape index (κ3) is 3.22. The summed E-state index contributed by atoms with van der Waals surface area (Å²) in [6, 6.07) is 3.12. The number of hydrogen-bond donors (Lipinski definition) is 3. The van der Waals surface area contributed by atoms with Gasteiger partial charge in [0.1, 0.15) is 38.5 Å². The molecule has 0 bridgehead atoms. The summed E-state index contributed by atoms with van der Waals surface area (Å²) >= 11 is 6.18. The average molecular weight is 339 g/mol. The van der Waals surface area contributed by atoms with Crippen LogP contribution < -0.4 is 15.4 Å². The van der Waals surface area contributed by atoms with Crippen LogP contribution >= 0.6 is 11.6 Å². The van der Waals surface area contributed by atoms with E-state index in [2.05, 4.69) is 6.92 Å². The van der Waals surface area contributed by atoms with E-state index in [0.29, 0.717) is 22.7 Å². The number of benzene rings is 1. The molecule has 3 rings (SSSR count). The van der Waals surface area contributed by atoms with Gasteiger partial charge in [0.25, 0.3) is 0 Å². The molecule has 1 aliphatic rings. The first-order valence-corrected chi connectivity index (χ1v) is 8.49. The SMILES string of the molecule is CC[NH+]1CC[NH+](Cc2c(O)c(Cl)cc3c(C)cc(=O)oc23)CC1. The van der Waals surface area contributed by atoms with Gasteiger partial charge in [0, 0.05) is 11.5 Å². The summed E-state index contributed by atoms with van der Waals surface area (Å²) in [6.45, 7) is 10.1. The van der Waals surface area contributed by atoms with Crippen LogP contribution in [0.1, 0.15) is 18.1 Å². The van der Waals surface area contributed by atoms with Crippen LogP contribution in [0.25, 0.3) is 11.0 Å². The Labute approximate surface area is 140 Å². The highest BCUT2D eigenvalue weighted by molar-refractivity contribution is 6.33. The molecule has 0 spiro atoms. The summed E-state index contributed by atoms with van der Waals surface area (Å²) < 4.78 is 5.40. The third-order valence-corrected chi connectivity index (χ3v) is 5.14. The van der Waals surface area contributed by atoms with E-state index in [1.807, 2.05) is 6.92 Å². The molecule has 0 atom stereocenters. The van der Waals surface area contributed by atoms with Crippen LogP contribution in [-0.2, 0) is 6.54 Å². The smallest absolute Gasteiger partial charge is 0.336 e. The summed E-state index contributed by atoms with van der Waals surface area (Å²) in [4.78, 5) is 14.7. The van der Waals surface area contributed by atoms with Crippen LogP contribution in [0.4, 0.5) is 0 Å². The zero-order chi connectivity index (χ0) is 16.6. The summed E-state index contributed by atoms with van der Waals surface area (Å²) in [5.41, 5.74) is 1.53. The Morgan fingerprint density at radius 2 is 1.87 bits per heavy atom. The first kappa shape index (κ1) is 16.3. The van der Waals surface area contributed by atoms with Crippen molar-refractivity contribution in [3.63, 3.8) is 0 Å². The Morgan fingerprint density at radius 1 is 1.22 bits per heavy atom. The number of rotatable bonds is 3. The average Bonchev–Trinajstić information content (AvgIpc) is 2.53. The lowest BCUT2D eigenvalue weighted by Gasteiger charge is -2.29. The van der Waals surface area contributed by atoms with Crippen molar-refractivity contribution < 1.29 is 19.3 Å². The first-order valence-electron chi connectivity index (χ1n) is 8.11. The standard InChI is InChI=1S/C17H21ClN2O3/c1-3-19-4-6-20(7-5-19)10-13-16(22)14(18)9-12-11(2)8-15(21)23-17(12)13/h8-9,22H,3-7,10H2,1-2H3/p+2. The third-order valence-electron chi connectivity index (χ3n) is 4.85. The van der Waals surface area contributed by atoms with E-state index in [0.717, 1.165) is 43.7 Å². The van der Waals surface area contributed by atoms with Crippen LogP contribution in [-0.4, -0.2) is 37.8 Å². The summed E-state index contributed by atoms with van der Waals surface area (Å²) in [5.74, 6) is 0.0330. The maximum absolute atomic E-state index is 11.7. The Kier molecular flexibility index (Phi) is 4.62. The number of quaternary nitrogens is 2. The molecule has 0 unspecified atom stereocenters. The molecule has 1 fully saturated rings. The van der Waals surface area contributed by atoms with Gasteiger partial charge in [-0.2, -0.15) is 0 Å². The molecule has 1 aromatic carbocycles. The van der Waals surface area contributed by atoms with Crippen molar-refractivity contribution in [2.24, 2.45) is 0 Å².